The molecule has 0 aliphatic rings. The maximum Gasteiger partial charge on any atom is 0.417 e. The van der Waals surface area contributed by atoms with Gasteiger partial charge in [0.15, 0.2) is 0 Å². The fraction of sp³-hybridized carbons (Fsp3) is 0.0909. The minimum Gasteiger partial charge on any atom is -0.366 e. The van der Waals surface area contributed by atoms with E-state index >= 15 is 0 Å². The van der Waals surface area contributed by atoms with Crippen LogP contribution in [0.1, 0.15) is 11.1 Å². The molecule has 0 aliphatic carbocycles. The molecule has 5 nitrogen and oxygen atoms in total. The van der Waals surface area contributed by atoms with Crippen LogP contribution in [0.25, 0.3) is 17.1 Å². The van der Waals surface area contributed by atoms with Crippen molar-refractivity contribution in [3.63, 3.8) is 0 Å². The number of aromatic nitrogens is 3. The third kappa shape index (κ3) is 3.98. The van der Waals surface area contributed by atoms with Gasteiger partial charge in [-0.25, -0.2) is 14.3 Å². The summed E-state index contributed by atoms with van der Waals surface area (Å²) in [4.78, 5) is 19.4. The van der Waals surface area contributed by atoms with Gasteiger partial charge in [0, 0.05) is 18.3 Å². The van der Waals surface area contributed by atoms with Crippen LogP contribution in [0.15, 0.2) is 83.8 Å². The van der Waals surface area contributed by atoms with Crippen LogP contribution in [0.5, 0.6) is 0 Å². The minimum absolute atomic E-state index is 0.0934. The zero-order valence-corrected chi connectivity index (χ0v) is 15.6. The number of pyridine rings is 1. The van der Waals surface area contributed by atoms with Crippen molar-refractivity contribution < 1.29 is 13.2 Å². The quantitative estimate of drug-likeness (QED) is 0.494. The highest BCUT2D eigenvalue weighted by atomic mass is 19.4. The van der Waals surface area contributed by atoms with Gasteiger partial charge in [0.05, 0.1) is 11.3 Å². The first-order valence-corrected chi connectivity index (χ1v) is 9.15. The molecule has 0 fully saturated rings. The van der Waals surface area contributed by atoms with Gasteiger partial charge in [-0.05, 0) is 17.7 Å². The zero-order valence-electron chi connectivity index (χ0n) is 15.6. The number of rotatable bonds is 5. The number of hydrogen-bond donors (Lipinski definition) is 2. The molecular weight excluding hydrogens is 393 g/mol. The summed E-state index contributed by atoms with van der Waals surface area (Å²) in [5.74, 6) is 0.549. The van der Waals surface area contributed by atoms with Crippen molar-refractivity contribution in [2.75, 3.05) is 5.32 Å². The van der Waals surface area contributed by atoms with Crippen LogP contribution in [-0.2, 0) is 12.7 Å². The second kappa shape index (κ2) is 7.90. The second-order valence-electron chi connectivity index (χ2n) is 6.60. The van der Waals surface area contributed by atoms with E-state index < -0.39 is 17.4 Å². The van der Waals surface area contributed by atoms with Crippen molar-refractivity contribution in [3.8, 4) is 17.1 Å². The van der Waals surface area contributed by atoms with Crippen LogP contribution in [0.3, 0.4) is 0 Å². The molecule has 2 N–H and O–H groups in total. The molecule has 0 bridgehead atoms. The Morgan fingerprint density at radius 1 is 0.933 bits per heavy atom. The Morgan fingerprint density at radius 2 is 1.60 bits per heavy atom. The molecule has 0 saturated heterocycles. The number of alkyl halides is 3. The molecule has 4 aromatic rings. The Hall–Kier alpha value is -3.81. The van der Waals surface area contributed by atoms with E-state index in [1.807, 2.05) is 60.7 Å². The molecule has 30 heavy (non-hydrogen) atoms. The second-order valence-corrected chi connectivity index (χ2v) is 6.60. The first kappa shape index (κ1) is 19.5. The highest BCUT2D eigenvalue weighted by Gasteiger charge is 2.31. The lowest BCUT2D eigenvalue weighted by molar-refractivity contribution is -0.137. The Balaban J connectivity index is 1.78. The molecule has 0 radical (unpaired) electrons. The van der Waals surface area contributed by atoms with Crippen LogP contribution in [0, 0.1) is 0 Å². The van der Waals surface area contributed by atoms with Gasteiger partial charge in [-0.3, -0.25) is 4.98 Å². The molecule has 2 heterocycles. The molecule has 152 valence electrons. The first-order valence-electron chi connectivity index (χ1n) is 9.15. The first-order chi connectivity index (χ1) is 14.4. The normalized spacial score (nSPS) is 11.4. The van der Waals surface area contributed by atoms with Gasteiger partial charge in [0.25, 0.3) is 0 Å². The summed E-state index contributed by atoms with van der Waals surface area (Å²) in [5.41, 5.74) is 0.838. The van der Waals surface area contributed by atoms with Crippen molar-refractivity contribution in [1.29, 1.82) is 0 Å². The number of aromatic amines is 1. The van der Waals surface area contributed by atoms with Gasteiger partial charge in [-0.15, -0.1) is 0 Å². The van der Waals surface area contributed by atoms with Crippen LogP contribution in [0.2, 0.25) is 0 Å². The summed E-state index contributed by atoms with van der Waals surface area (Å²) in [6.45, 7) is 0.459. The van der Waals surface area contributed by atoms with Crippen molar-refractivity contribution in [2.24, 2.45) is 0 Å². The van der Waals surface area contributed by atoms with Crippen molar-refractivity contribution in [1.82, 2.24) is 14.5 Å². The fourth-order valence-corrected chi connectivity index (χ4v) is 3.12. The number of hydrogen-bond acceptors (Lipinski definition) is 3. The van der Waals surface area contributed by atoms with E-state index in [1.54, 1.807) is 0 Å². The monoisotopic (exact) mass is 410 g/mol. The fourth-order valence-electron chi connectivity index (χ4n) is 3.12. The van der Waals surface area contributed by atoms with E-state index in [0.29, 0.717) is 23.6 Å². The highest BCUT2D eigenvalue weighted by Crippen LogP contribution is 2.31. The molecule has 0 spiro atoms. The van der Waals surface area contributed by atoms with Crippen molar-refractivity contribution in [2.45, 2.75) is 12.7 Å². The molecule has 0 aliphatic heterocycles. The van der Waals surface area contributed by atoms with Gasteiger partial charge in [0.1, 0.15) is 11.6 Å². The zero-order chi connectivity index (χ0) is 21.1. The lowest BCUT2D eigenvalue weighted by Gasteiger charge is -2.12. The summed E-state index contributed by atoms with van der Waals surface area (Å²) in [5, 5.41) is 3.21. The molecule has 0 unspecified atom stereocenters. The molecule has 2 aromatic carbocycles. The molecule has 2 aromatic heterocycles. The number of nitrogens with one attached hydrogen (secondary N) is 2. The van der Waals surface area contributed by atoms with E-state index in [2.05, 4.69) is 15.3 Å². The highest BCUT2D eigenvalue weighted by molar-refractivity contribution is 5.74. The van der Waals surface area contributed by atoms with Gasteiger partial charge in [0.2, 0.25) is 0 Å². The van der Waals surface area contributed by atoms with E-state index in [-0.39, 0.29) is 5.82 Å². The Kier molecular flexibility index (Phi) is 5.14. The van der Waals surface area contributed by atoms with E-state index in [9.17, 15) is 18.0 Å². The summed E-state index contributed by atoms with van der Waals surface area (Å²) in [6.07, 6.45) is -3.78. The minimum atomic E-state index is -4.50. The molecule has 0 atom stereocenters. The maximum atomic E-state index is 12.9. The summed E-state index contributed by atoms with van der Waals surface area (Å²) in [6, 6.07) is 20.8. The number of halogens is 3. The standard InChI is InChI=1S/C22H17F3N4O/c23-22(24,25)17-11-12-18(26-14-17)29-19(16-9-5-2-6-10-16)20(28-21(29)30)27-13-15-7-3-1-4-8-15/h1-12,14,27H,13H2,(H,28,30). The van der Waals surface area contributed by atoms with Crippen LogP contribution in [-0.4, -0.2) is 14.5 Å². The van der Waals surface area contributed by atoms with Crippen LogP contribution in [0.4, 0.5) is 19.0 Å². The third-order valence-corrected chi connectivity index (χ3v) is 4.56. The van der Waals surface area contributed by atoms with Gasteiger partial charge in [-0.2, -0.15) is 13.2 Å². The molecule has 0 amide bonds. The lowest BCUT2D eigenvalue weighted by Crippen LogP contribution is -2.17. The van der Waals surface area contributed by atoms with Crippen molar-refractivity contribution >= 4 is 5.82 Å². The predicted octanol–water partition coefficient (Wildman–Crippen LogP) is 4.86. The number of benzene rings is 2. The van der Waals surface area contributed by atoms with Gasteiger partial charge >= 0.3 is 11.9 Å². The maximum absolute atomic E-state index is 12.9. The number of H-pyrrole nitrogens is 1. The number of nitrogens with zero attached hydrogens (tertiary/aromatic N) is 2. The summed E-state index contributed by atoms with van der Waals surface area (Å²) in [7, 11) is 0. The number of imidazole rings is 1. The number of anilines is 1. The Morgan fingerprint density at radius 3 is 2.20 bits per heavy atom. The van der Waals surface area contributed by atoms with Crippen molar-refractivity contribution in [3.05, 3.63) is 101 Å². The SMILES string of the molecule is O=c1[nH]c(NCc2ccccc2)c(-c2ccccc2)n1-c1ccc(C(F)(F)F)cn1. The average molecular weight is 410 g/mol. The van der Waals surface area contributed by atoms with E-state index in [4.69, 9.17) is 0 Å². The molecule has 8 heteroatoms. The smallest absolute Gasteiger partial charge is 0.366 e. The summed E-state index contributed by atoms with van der Waals surface area (Å²) >= 11 is 0. The topological polar surface area (TPSA) is 62.7 Å². The van der Waals surface area contributed by atoms with Crippen LogP contribution >= 0.6 is 0 Å². The third-order valence-electron chi connectivity index (χ3n) is 4.56. The van der Waals surface area contributed by atoms with E-state index in [1.165, 1.54) is 10.6 Å². The average Bonchev–Trinajstić information content (AvgIpc) is 3.09. The Labute approximate surface area is 169 Å². The van der Waals surface area contributed by atoms with E-state index in [0.717, 1.165) is 17.8 Å². The lowest BCUT2D eigenvalue weighted by atomic mass is 10.1. The largest absolute Gasteiger partial charge is 0.417 e. The molecule has 4 rings (SSSR count). The van der Waals surface area contributed by atoms with Gasteiger partial charge < -0.3 is 5.32 Å². The molecule has 0 saturated carbocycles. The Bertz CT molecular complexity index is 1180. The van der Waals surface area contributed by atoms with Crippen LogP contribution < -0.4 is 11.0 Å². The van der Waals surface area contributed by atoms with Gasteiger partial charge in [-0.1, -0.05) is 60.7 Å². The predicted molar refractivity (Wildman–Crippen MR) is 108 cm³/mol. The molecular formula is C22H17F3N4O. The summed E-state index contributed by atoms with van der Waals surface area (Å²) < 4.78 is 39.9.